The van der Waals surface area contributed by atoms with Crippen molar-refractivity contribution in [3.8, 4) is 5.75 Å². The van der Waals surface area contributed by atoms with E-state index < -0.39 is 17.7 Å². The maximum Gasteiger partial charge on any atom is 0.300 e. The maximum absolute atomic E-state index is 13.4. The number of phenolic OH excluding ortho intramolecular Hbond substituents is 1. The molecule has 0 aliphatic carbocycles. The second-order valence-corrected chi connectivity index (χ2v) is 10.0. The van der Waals surface area contributed by atoms with Crippen LogP contribution in [0.1, 0.15) is 17.2 Å². The second kappa shape index (κ2) is 10.1. The summed E-state index contributed by atoms with van der Waals surface area (Å²) in [6, 6.07) is 17.3. The van der Waals surface area contributed by atoms with Crippen LogP contribution < -0.4 is 9.80 Å². The van der Waals surface area contributed by atoms with Gasteiger partial charge >= 0.3 is 0 Å². The Morgan fingerprint density at radius 2 is 1.46 bits per heavy atom. The average Bonchev–Trinajstić information content (AvgIpc) is 3.16. The standard InChI is InChI=1S/C28H25Cl2N3O4/c1-31-12-14-32(15-13-31)19-5-7-20(8-6-19)33-25(17-2-9-21(34)10-3-17)24(27(36)28(33)37)26(35)18-4-11-22(29)23(30)16-18/h2-11,16,25,34-35H,12-15H2,1H3/b26-24-. The van der Waals surface area contributed by atoms with Crippen molar-refractivity contribution >= 4 is 52.0 Å². The number of halogens is 2. The van der Waals surface area contributed by atoms with Crippen LogP contribution in [0.4, 0.5) is 11.4 Å². The highest BCUT2D eigenvalue weighted by atomic mass is 35.5. The van der Waals surface area contributed by atoms with Crippen molar-refractivity contribution in [2.24, 2.45) is 0 Å². The fourth-order valence-electron chi connectivity index (χ4n) is 4.76. The summed E-state index contributed by atoms with van der Waals surface area (Å²) in [6.07, 6.45) is 0. The van der Waals surface area contributed by atoms with Crippen molar-refractivity contribution < 1.29 is 19.8 Å². The predicted octanol–water partition coefficient (Wildman–Crippen LogP) is 5.08. The lowest BCUT2D eigenvalue weighted by atomic mass is 9.95. The fraction of sp³-hybridized carbons (Fsp3) is 0.214. The van der Waals surface area contributed by atoms with Crippen molar-refractivity contribution in [3.05, 3.63) is 93.5 Å². The monoisotopic (exact) mass is 537 g/mol. The molecule has 9 heteroatoms. The van der Waals surface area contributed by atoms with E-state index in [-0.39, 0.29) is 27.7 Å². The molecule has 1 amide bonds. The van der Waals surface area contributed by atoms with E-state index in [1.54, 1.807) is 12.1 Å². The number of rotatable bonds is 4. The van der Waals surface area contributed by atoms with E-state index >= 15 is 0 Å². The molecule has 2 fully saturated rings. The number of Topliss-reactive ketones (excluding diaryl/α,β-unsaturated/α-hetero) is 1. The average molecular weight is 538 g/mol. The number of aliphatic hydroxyl groups excluding tert-OH is 1. The number of aliphatic hydroxyl groups is 1. The molecule has 1 unspecified atom stereocenters. The van der Waals surface area contributed by atoms with Gasteiger partial charge in [-0.15, -0.1) is 0 Å². The minimum Gasteiger partial charge on any atom is -0.508 e. The van der Waals surface area contributed by atoms with Crippen LogP contribution in [0, 0.1) is 0 Å². The van der Waals surface area contributed by atoms with Gasteiger partial charge in [0.05, 0.1) is 21.7 Å². The molecule has 3 aromatic rings. The number of anilines is 2. The van der Waals surface area contributed by atoms with Gasteiger partial charge < -0.3 is 20.0 Å². The number of amides is 1. The molecule has 3 aromatic carbocycles. The van der Waals surface area contributed by atoms with E-state index in [1.807, 2.05) is 24.3 Å². The molecule has 2 aliphatic rings. The first-order chi connectivity index (χ1) is 17.7. The summed E-state index contributed by atoms with van der Waals surface area (Å²) in [5.74, 6) is -1.88. The lowest BCUT2D eigenvalue weighted by molar-refractivity contribution is -0.132. The topological polar surface area (TPSA) is 84.3 Å². The van der Waals surface area contributed by atoms with Crippen LogP contribution in [0.5, 0.6) is 5.75 Å². The van der Waals surface area contributed by atoms with Gasteiger partial charge in [-0.25, -0.2) is 0 Å². The maximum atomic E-state index is 13.4. The molecule has 0 spiro atoms. The van der Waals surface area contributed by atoms with Crippen molar-refractivity contribution in [2.75, 3.05) is 43.0 Å². The Hall–Kier alpha value is -3.52. The molecule has 7 nitrogen and oxygen atoms in total. The predicted molar refractivity (Wildman–Crippen MR) is 146 cm³/mol. The third-order valence-corrected chi connectivity index (χ3v) is 7.58. The van der Waals surface area contributed by atoms with E-state index in [0.29, 0.717) is 16.3 Å². The molecule has 2 heterocycles. The molecule has 2 aliphatic heterocycles. The zero-order chi connectivity index (χ0) is 26.3. The Kier molecular flexibility index (Phi) is 6.86. The van der Waals surface area contributed by atoms with Crippen molar-refractivity contribution in [3.63, 3.8) is 0 Å². The Bertz CT molecular complexity index is 1380. The van der Waals surface area contributed by atoms with Gasteiger partial charge in [-0.3, -0.25) is 14.5 Å². The van der Waals surface area contributed by atoms with Gasteiger partial charge in [0.2, 0.25) is 0 Å². The van der Waals surface area contributed by atoms with Gasteiger partial charge in [0.25, 0.3) is 11.7 Å². The van der Waals surface area contributed by atoms with Gasteiger partial charge in [0.1, 0.15) is 11.5 Å². The number of carbonyl (C=O) groups is 2. The van der Waals surface area contributed by atoms with Crippen molar-refractivity contribution in [1.29, 1.82) is 0 Å². The smallest absolute Gasteiger partial charge is 0.300 e. The molecule has 0 bridgehead atoms. The molecule has 0 aromatic heterocycles. The summed E-state index contributed by atoms with van der Waals surface area (Å²) in [4.78, 5) is 32.6. The normalized spacial score (nSPS) is 20.0. The lowest BCUT2D eigenvalue weighted by Crippen LogP contribution is -2.44. The van der Waals surface area contributed by atoms with Crippen LogP contribution in [0.25, 0.3) is 5.76 Å². The van der Waals surface area contributed by atoms with E-state index in [1.165, 1.54) is 35.2 Å². The quantitative estimate of drug-likeness (QED) is 0.274. The number of likely N-dealkylation sites (N-methyl/N-ethyl adjacent to an activating group) is 1. The molecule has 0 saturated carbocycles. The van der Waals surface area contributed by atoms with E-state index in [0.717, 1.165) is 31.9 Å². The summed E-state index contributed by atoms with van der Waals surface area (Å²) in [6.45, 7) is 3.73. The molecule has 37 heavy (non-hydrogen) atoms. The SMILES string of the molecule is CN1CCN(c2ccc(N3C(=O)C(=O)/C(=C(\O)c4ccc(Cl)c(Cl)c4)C3c3ccc(O)cc3)cc2)CC1. The molecular weight excluding hydrogens is 513 g/mol. The Labute approximate surface area is 224 Å². The van der Waals surface area contributed by atoms with E-state index in [9.17, 15) is 19.8 Å². The third kappa shape index (κ3) is 4.78. The summed E-state index contributed by atoms with van der Waals surface area (Å²) in [7, 11) is 2.10. The van der Waals surface area contributed by atoms with Crippen LogP contribution >= 0.6 is 23.2 Å². The van der Waals surface area contributed by atoms with E-state index in [4.69, 9.17) is 23.2 Å². The van der Waals surface area contributed by atoms with Crippen LogP contribution in [-0.4, -0.2) is 60.0 Å². The van der Waals surface area contributed by atoms with Crippen LogP contribution in [0.15, 0.2) is 72.3 Å². The Morgan fingerprint density at radius 1 is 0.838 bits per heavy atom. The highest BCUT2D eigenvalue weighted by molar-refractivity contribution is 6.51. The summed E-state index contributed by atoms with van der Waals surface area (Å²) >= 11 is 12.2. The number of hydrogen-bond acceptors (Lipinski definition) is 6. The second-order valence-electron chi connectivity index (χ2n) is 9.20. The minimum absolute atomic E-state index is 0.0433. The Balaban J connectivity index is 1.58. The lowest BCUT2D eigenvalue weighted by Gasteiger charge is -2.34. The van der Waals surface area contributed by atoms with Crippen molar-refractivity contribution in [1.82, 2.24) is 4.90 Å². The van der Waals surface area contributed by atoms with Gasteiger partial charge in [-0.1, -0.05) is 35.3 Å². The molecule has 2 saturated heterocycles. The number of phenols is 1. The first-order valence-corrected chi connectivity index (χ1v) is 12.6. The number of carbonyl (C=O) groups excluding carboxylic acids is 2. The summed E-state index contributed by atoms with van der Waals surface area (Å²) in [5.41, 5.74) is 2.30. The van der Waals surface area contributed by atoms with Gasteiger partial charge in [-0.2, -0.15) is 0 Å². The zero-order valence-electron chi connectivity index (χ0n) is 20.1. The van der Waals surface area contributed by atoms with Gasteiger partial charge in [0.15, 0.2) is 0 Å². The van der Waals surface area contributed by atoms with E-state index in [2.05, 4.69) is 16.8 Å². The zero-order valence-corrected chi connectivity index (χ0v) is 21.6. The number of aromatic hydroxyl groups is 1. The summed E-state index contributed by atoms with van der Waals surface area (Å²) < 4.78 is 0. The van der Waals surface area contributed by atoms with Gasteiger partial charge in [0, 0.05) is 43.1 Å². The number of nitrogens with zero attached hydrogens (tertiary/aromatic N) is 3. The molecule has 1 atom stereocenters. The number of hydrogen-bond donors (Lipinski definition) is 2. The first-order valence-electron chi connectivity index (χ1n) is 11.8. The Morgan fingerprint density at radius 3 is 2.08 bits per heavy atom. The largest absolute Gasteiger partial charge is 0.508 e. The molecular formula is C28H25Cl2N3O4. The highest BCUT2D eigenvalue weighted by Crippen LogP contribution is 2.43. The van der Waals surface area contributed by atoms with Crippen LogP contribution in [0.3, 0.4) is 0 Å². The number of piperazine rings is 1. The summed E-state index contributed by atoms with van der Waals surface area (Å²) in [5, 5.41) is 21.6. The molecule has 5 rings (SSSR count). The molecule has 0 radical (unpaired) electrons. The molecule has 190 valence electrons. The van der Waals surface area contributed by atoms with Crippen LogP contribution in [-0.2, 0) is 9.59 Å². The highest BCUT2D eigenvalue weighted by Gasteiger charge is 2.47. The van der Waals surface area contributed by atoms with Gasteiger partial charge in [-0.05, 0) is 67.2 Å². The van der Waals surface area contributed by atoms with Crippen molar-refractivity contribution in [2.45, 2.75) is 6.04 Å². The molecule has 2 N–H and O–H groups in total. The fourth-order valence-corrected chi connectivity index (χ4v) is 5.06. The van der Waals surface area contributed by atoms with Crippen LogP contribution in [0.2, 0.25) is 10.0 Å². The number of benzene rings is 3. The third-order valence-electron chi connectivity index (χ3n) is 6.84. The number of ketones is 1. The first kappa shape index (κ1) is 25.1. The minimum atomic E-state index is -0.912.